The molecule has 0 radical (unpaired) electrons. The minimum Gasteiger partial charge on any atom is -0.497 e. The second kappa shape index (κ2) is 6.35. The van der Waals surface area contributed by atoms with Crippen LogP contribution in [0.15, 0.2) is 18.2 Å². The molecular weight excluding hydrogens is 245 g/mol. The highest BCUT2D eigenvalue weighted by Gasteiger charge is 2.26. The first-order chi connectivity index (χ1) is 9.10. The zero-order chi connectivity index (χ0) is 13.8. The summed E-state index contributed by atoms with van der Waals surface area (Å²) in [6.07, 6.45) is 2.67. The summed E-state index contributed by atoms with van der Waals surface area (Å²) in [6, 6.07) is 5.36. The van der Waals surface area contributed by atoms with Crippen molar-refractivity contribution in [1.82, 2.24) is 4.90 Å². The van der Waals surface area contributed by atoms with Gasteiger partial charge in [0.2, 0.25) is 0 Å². The maximum atomic E-state index is 13.9. The molecule has 1 aliphatic rings. The number of halogens is 1. The minimum atomic E-state index is -0.300. The van der Waals surface area contributed by atoms with Gasteiger partial charge in [0.15, 0.2) is 0 Å². The van der Waals surface area contributed by atoms with Gasteiger partial charge in [-0.15, -0.1) is 0 Å². The fraction of sp³-hybridized carbons (Fsp3) is 0.600. The van der Waals surface area contributed by atoms with E-state index in [9.17, 15) is 9.50 Å². The molecule has 0 spiro atoms. The average molecular weight is 267 g/mol. The summed E-state index contributed by atoms with van der Waals surface area (Å²) in [6.45, 7) is 3.39. The molecule has 2 rings (SSSR count). The predicted molar refractivity (Wildman–Crippen MR) is 72.7 cm³/mol. The van der Waals surface area contributed by atoms with Crippen LogP contribution in [0.25, 0.3) is 0 Å². The summed E-state index contributed by atoms with van der Waals surface area (Å²) in [4.78, 5) is 2.26. The summed E-state index contributed by atoms with van der Waals surface area (Å²) in [5.41, 5.74) is 0.693. The molecule has 3 nitrogen and oxygen atoms in total. The van der Waals surface area contributed by atoms with Gasteiger partial charge in [-0.3, -0.25) is 4.90 Å². The number of likely N-dealkylation sites (tertiary alicyclic amines) is 1. The first kappa shape index (κ1) is 14.3. The van der Waals surface area contributed by atoms with E-state index < -0.39 is 0 Å². The van der Waals surface area contributed by atoms with Crippen LogP contribution in [-0.2, 0) is 6.54 Å². The third-order valence-corrected chi connectivity index (χ3v) is 3.75. The van der Waals surface area contributed by atoms with E-state index in [2.05, 4.69) is 4.90 Å². The molecule has 4 heteroatoms. The van der Waals surface area contributed by atoms with Crippen LogP contribution in [0.3, 0.4) is 0 Å². The van der Waals surface area contributed by atoms with Crippen molar-refractivity contribution in [3.8, 4) is 5.75 Å². The normalized spacial score (nSPS) is 21.6. The quantitative estimate of drug-likeness (QED) is 0.890. The molecule has 2 atom stereocenters. The molecule has 1 fully saturated rings. The van der Waals surface area contributed by atoms with Crippen molar-refractivity contribution in [2.45, 2.75) is 44.9 Å². The zero-order valence-corrected chi connectivity index (χ0v) is 11.6. The van der Waals surface area contributed by atoms with Gasteiger partial charge in [-0.25, -0.2) is 4.39 Å². The maximum absolute atomic E-state index is 13.9. The van der Waals surface area contributed by atoms with E-state index in [1.807, 2.05) is 6.92 Å². The number of aliphatic hydroxyl groups is 1. The largest absolute Gasteiger partial charge is 0.497 e. The Labute approximate surface area is 114 Å². The standard InChI is InChI=1S/C15H22FNO2/c1-11(18)8-13-4-3-7-17(13)10-12-5-6-14(19-2)9-15(12)16/h5-6,9,11,13,18H,3-4,7-8,10H2,1-2H3. The Balaban J connectivity index is 2.03. The number of benzene rings is 1. The van der Waals surface area contributed by atoms with Crippen LogP contribution in [0, 0.1) is 5.82 Å². The highest BCUT2D eigenvalue weighted by Crippen LogP contribution is 2.25. The number of rotatable bonds is 5. The van der Waals surface area contributed by atoms with E-state index in [0.717, 1.165) is 25.8 Å². The molecule has 0 aromatic heterocycles. The molecule has 1 aromatic carbocycles. The van der Waals surface area contributed by atoms with Gasteiger partial charge in [0.05, 0.1) is 13.2 Å². The molecule has 1 N–H and O–H groups in total. The monoisotopic (exact) mass is 267 g/mol. The van der Waals surface area contributed by atoms with Crippen molar-refractivity contribution in [3.05, 3.63) is 29.6 Å². The average Bonchev–Trinajstić information content (AvgIpc) is 2.78. The van der Waals surface area contributed by atoms with Gasteiger partial charge >= 0.3 is 0 Å². The van der Waals surface area contributed by atoms with Crippen LogP contribution in [-0.4, -0.2) is 35.8 Å². The Kier molecular flexibility index (Phi) is 4.77. The van der Waals surface area contributed by atoms with Gasteiger partial charge in [0.25, 0.3) is 0 Å². The third kappa shape index (κ3) is 3.67. The van der Waals surface area contributed by atoms with Crippen molar-refractivity contribution in [2.24, 2.45) is 0 Å². The number of methoxy groups -OCH3 is 1. The van der Waals surface area contributed by atoms with E-state index >= 15 is 0 Å². The number of nitrogens with zero attached hydrogens (tertiary/aromatic N) is 1. The van der Waals surface area contributed by atoms with E-state index in [1.165, 1.54) is 13.2 Å². The summed E-state index contributed by atoms with van der Waals surface area (Å²) in [5.74, 6) is 0.324. The van der Waals surface area contributed by atoms with Gasteiger partial charge in [-0.1, -0.05) is 6.07 Å². The topological polar surface area (TPSA) is 32.7 Å². The Hall–Kier alpha value is -1.13. The molecule has 2 unspecified atom stereocenters. The summed E-state index contributed by atoms with van der Waals surface area (Å²) >= 11 is 0. The Morgan fingerprint density at radius 3 is 2.95 bits per heavy atom. The smallest absolute Gasteiger partial charge is 0.131 e. The van der Waals surface area contributed by atoms with Crippen LogP contribution < -0.4 is 4.74 Å². The number of hydrogen-bond acceptors (Lipinski definition) is 3. The van der Waals surface area contributed by atoms with Crippen LogP contribution in [0.2, 0.25) is 0 Å². The highest BCUT2D eigenvalue weighted by molar-refractivity contribution is 5.28. The van der Waals surface area contributed by atoms with Gasteiger partial charge in [0.1, 0.15) is 11.6 Å². The lowest BCUT2D eigenvalue weighted by molar-refractivity contribution is 0.130. The molecule has 1 aliphatic heterocycles. The van der Waals surface area contributed by atoms with Crippen molar-refractivity contribution in [1.29, 1.82) is 0 Å². The molecule has 0 aliphatic carbocycles. The lowest BCUT2D eigenvalue weighted by atomic mass is 10.1. The zero-order valence-electron chi connectivity index (χ0n) is 11.6. The van der Waals surface area contributed by atoms with Crippen LogP contribution in [0.4, 0.5) is 4.39 Å². The van der Waals surface area contributed by atoms with Crippen molar-refractivity contribution >= 4 is 0 Å². The van der Waals surface area contributed by atoms with E-state index in [4.69, 9.17) is 4.74 Å². The summed E-state index contributed by atoms with van der Waals surface area (Å²) < 4.78 is 18.9. The molecule has 0 saturated carbocycles. The second-order valence-electron chi connectivity index (χ2n) is 5.31. The molecule has 0 amide bonds. The molecule has 1 saturated heterocycles. The van der Waals surface area contributed by atoms with Crippen LogP contribution in [0.1, 0.15) is 31.7 Å². The fourth-order valence-electron chi connectivity index (χ4n) is 2.77. The van der Waals surface area contributed by atoms with Crippen molar-refractivity contribution < 1.29 is 14.2 Å². The molecule has 0 bridgehead atoms. The van der Waals surface area contributed by atoms with E-state index in [-0.39, 0.29) is 11.9 Å². The molecular formula is C15H22FNO2. The predicted octanol–water partition coefficient (Wildman–Crippen LogP) is 2.57. The van der Waals surface area contributed by atoms with Crippen LogP contribution in [0.5, 0.6) is 5.75 Å². The second-order valence-corrected chi connectivity index (χ2v) is 5.31. The van der Waals surface area contributed by atoms with Crippen LogP contribution >= 0.6 is 0 Å². The Morgan fingerprint density at radius 2 is 2.32 bits per heavy atom. The van der Waals surface area contributed by atoms with Gasteiger partial charge in [-0.2, -0.15) is 0 Å². The number of ether oxygens (including phenoxy) is 1. The molecule has 1 heterocycles. The highest BCUT2D eigenvalue weighted by atomic mass is 19.1. The first-order valence-corrected chi connectivity index (χ1v) is 6.84. The van der Waals surface area contributed by atoms with Gasteiger partial charge < -0.3 is 9.84 Å². The summed E-state index contributed by atoms with van der Waals surface area (Å²) in [7, 11) is 1.54. The summed E-state index contributed by atoms with van der Waals surface area (Å²) in [5, 5.41) is 9.50. The molecule has 106 valence electrons. The third-order valence-electron chi connectivity index (χ3n) is 3.75. The minimum absolute atomic E-state index is 0.220. The molecule has 19 heavy (non-hydrogen) atoms. The SMILES string of the molecule is COc1ccc(CN2CCCC2CC(C)O)c(F)c1. The number of hydrogen-bond donors (Lipinski definition) is 1. The lowest BCUT2D eigenvalue weighted by Gasteiger charge is -2.25. The van der Waals surface area contributed by atoms with E-state index in [1.54, 1.807) is 12.1 Å². The maximum Gasteiger partial charge on any atom is 0.131 e. The number of aliphatic hydroxyl groups excluding tert-OH is 1. The van der Waals surface area contributed by atoms with Gasteiger partial charge in [-0.05, 0) is 38.8 Å². The lowest BCUT2D eigenvalue weighted by Crippen LogP contribution is -2.31. The van der Waals surface area contributed by atoms with Gasteiger partial charge in [0, 0.05) is 24.2 Å². The van der Waals surface area contributed by atoms with E-state index in [0.29, 0.717) is 23.9 Å². The van der Waals surface area contributed by atoms with Crippen molar-refractivity contribution in [3.63, 3.8) is 0 Å². The first-order valence-electron chi connectivity index (χ1n) is 6.84. The van der Waals surface area contributed by atoms with Crippen molar-refractivity contribution in [2.75, 3.05) is 13.7 Å². The molecule has 1 aromatic rings. The Morgan fingerprint density at radius 1 is 1.53 bits per heavy atom. The Bertz CT molecular complexity index is 423. The fourth-order valence-corrected chi connectivity index (χ4v) is 2.77.